The summed E-state index contributed by atoms with van der Waals surface area (Å²) in [6.07, 6.45) is -0.678. The molecule has 1 unspecified atom stereocenters. The second-order valence-corrected chi connectivity index (χ2v) is 7.16. The van der Waals surface area contributed by atoms with Gasteiger partial charge in [0.15, 0.2) is 0 Å². The molecule has 0 aliphatic carbocycles. The van der Waals surface area contributed by atoms with E-state index in [1.165, 1.54) is 16.6 Å². The Morgan fingerprint density at radius 1 is 1.41 bits per heavy atom. The number of aromatic nitrogens is 4. The maximum atomic E-state index is 10.6. The molecule has 29 heavy (non-hydrogen) atoms. The molecule has 1 atom stereocenters. The van der Waals surface area contributed by atoms with Gasteiger partial charge in [-0.1, -0.05) is 23.7 Å². The number of rotatable bonds is 3. The zero-order valence-electron chi connectivity index (χ0n) is 15.4. The minimum absolute atomic E-state index is 0.317. The van der Waals surface area contributed by atoms with Gasteiger partial charge in [0.25, 0.3) is 0 Å². The van der Waals surface area contributed by atoms with Crippen LogP contribution in [0.1, 0.15) is 24.2 Å². The molecule has 11 heteroatoms. The van der Waals surface area contributed by atoms with Gasteiger partial charge in [-0.25, -0.2) is 14.5 Å². The smallest absolute Gasteiger partial charge is 0.475 e. The number of carbonyl (C=O) groups is 1. The molecule has 2 N–H and O–H groups in total. The normalized spacial score (nSPS) is 15.5. The Kier molecular flexibility index (Phi) is 6.13. The predicted octanol–water partition coefficient (Wildman–Crippen LogP) is 3.67. The van der Waals surface area contributed by atoms with Crippen molar-refractivity contribution in [2.24, 2.45) is 0 Å². The first kappa shape index (κ1) is 21.1. The summed E-state index contributed by atoms with van der Waals surface area (Å²) in [5.41, 5.74) is 3.78. The Hall–Kier alpha value is -2.59. The molecule has 0 amide bonds. The number of nitrogens with one attached hydrogen (secondary N) is 1. The standard InChI is InChI=1S/C16H18ClN5.C2HF3O2/c1-11(22-10-18-9-19-22)7-21-6-5-15-13(8-21)12-3-2-4-14(17)16(12)20-15;3-2(4,5)1(6)7/h2-4,9-11,20H,5-8H2,1H3;(H,6,7). The van der Waals surface area contributed by atoms with E-state index in [0.29, 0.717) is 6.04 Å². The van der Waals surface area contributed by atoms with E-state index in [1.54, 1.807) is 12.7 Å². The molecule has 3 aromatic rings. The number of fused-ring (bicyclic) bond motifs is 3. The summed E-state index contributed by atoms with van der Waals surface area (Å²) >= 11 is 6.30. The van der Waals surface area contributed by atoms with Crippen LogP contribution < -0.4 is 0 Å². The van der Waals surface area contributed by atoms with E-state index in [2.05, 4.69) is 33.0 Å². The number of carboxylic acid groups (broad SMARTS) is 1. The lowest BCUT2D eigenvalue weighted by Crippen LogP contribution is -2.34. The molecule has 1 aliphatic heterocycles. The number of para-hydroxylation sites is 1. The highest BCUT2D eigenvalue weighted by Gasteiger charge is 2.38. The van der Waals surface area contributed by atoms with Crippen LogP contribution in [0.2, 0.25) is 5.02 Å². The zero-order chi connectivity index (χ0) is 21.2. The van der Waals surface area contributed by atoms with Crippen molar-refractivity contribution in [2.75, 3.05) is 13.1 Å². The van der Waals surface area contributed by atoms with Crippen molar-refractivity contribution < 1.29 is 23.1 Å². The number of hydrogen-bond acceptors (Lipinski definition) is 4. The Bertz CT molecular complexity index is 987. The molecular formula is C18H19ClF3N5O2. The fourth-order valence-corrected chi connectivity index (χ4v) is 3.54. The number of aromatic amines is 1. The van der Waals surface area contributed by atoms with Crippen molar-refractivity contribution in [1.82, 2.24) is 24.6 Å². The first-order valence-electron chi connectivity index (χ1n) is 8.81. The van der Waals surface area contributed by atoms with Crippen molar-refractivity contribution in [1.29, 1.82) is 0 Å². The Balaban J connectivity index is 0.000000298. The Morgan fingerprint density at radius 2 is 2.14 bits per heavy atom. The van der Waals surface area contributed by atoms with Crippen LogP contribution in [0.3, 0.4) is 0 Å². The third-order valence-corrected chi connectivity index (χ3v) is 5.01. The predicted molar refractivity (Wildman–Crippen MR) is 101 cm³/mol. The number of halogens is 4. The van der Waals surface area contributed by atoms with Gasteiger partial charge < -0.3 is 10.1 Å². The number of aliphatic carboxylic acids is 1. The largest absolute Gasteiger partial charge is 0.490 e. The summed E-state index contributed by atoms with van der Waals surface area (Å²) in [6.45, 7) is 5.15. The van der Waals surface area contributed by atoms with Gasteiger partial charge in [-0.15, -0.1) is 0 Å². The second-order valence-electron chi connectivity index (χ2n) is 6.76. The van der Waals surface area contributed by atoms with Gasteiger partial charge in [-0.2, -0.15) is 18.3 Å². The fraction of sp³-hybridized carbons (Fsp3) is 0.389. The maximum Gasteiger partial charge on any atom is 0.490 e. The highest BCUT2D eigenvalue weighted by Crippen LogP contribution is 2.31. The fourth-order valence-electron chi connectivity index (χ4n) is 3.32. The molecule has 7 nitrogen and oxygen atoms in total. The van der Waals surface area contributed by atoms with E-state index >= 15 is 0 Å². The number of benzene rings is 1. The molecule has 156 valence electrons. The topological polar surface area (TPSA) is 87.0 Å². The molecule has 0 saturated carbocycles. The lowest BCUT2D eigenvalue weighted by Gasteiger charge is -2.29. The molecule has 1 aromatic carbocycles. The van der Waals surface area contributed by atoms with Gasteiger partial charge >= 0.3 is 12.1 Å². The van der Waals surface area contributed by atoms with Crippen LogP contribution in [0.15, 0.2) is 30.9 Å². The van der Waals surface area contributed by atoms with E-state index in [4.69, 9.17) is 21.5 Å². The Labute approximate surface area is 169 Å². The quantitative estimate of drug-likeness (QED) is 0.663. The highest BCUT2D eigenvalue weighted by molar-refractivity contribution is 6.35. The summed E-state index contributed by atoms with van der Waals surface area (Å²) in [5.74, 6) is -2.76. The van der Waals surface area contributed by atoms with Gasteiger partial charge in [0.2, 0.25) is 0 Å². The summed E-state index contributed by atoms with van der Waals surface area (Å²) in [4.78, 5) is 18.9. The molecule has 0 spiro atoms. The summed E-state index contributed by atoms with van der Waals surface area (Å²) in [7, 11) is 0. The number of nitrogens with zero attached hydrogens (tertiary/aromatic N) is 4. The van der Waals surface area contributed by atoms with Crippen molar-refractivity contribution >= 4 is 28.5 Å². The molecular weight excluding hydrogens is 411 g/mol. The first-order chi connectivity index (χ1) is 13.7. The SMILES string of the molecule is CC(CN1CCc2[nH]c3c(Cl)cccc3c2C1)n1cncn1.O=C(O)C(F)(F)F. The molecule has 0 saturated heterocycles. The van der Waals surface area contributed by atoms with Crippen LogP contribution in [0.5, 0.6) is 0 Å². The molecule has 0 bridgehead atoms. The third-order valence-electron chi connectivity index (χ3n) is 4.69. The van der Waals surface area contributed by atoms with E-state index in [-0.39, 0.29) is 0 Å². The first-order valence-corrected chi connectivity index (χ1v) is 9.19. The number of H-pyrrole nitrogens is 1. The van der Waals surface area contributed by atoms with Gasteiger partial charge in [-0.05, 0) is 18.6 Å². The van der Waals surface area contributed by atoms with Crippen molar-refractivity contribution in [3.8, 4) is 0 Å². The van der Waals surface area contributed by atoms with Gasteiger partial charge in [0.05, 0.1) is 16.6 Å². The van der Waals surface area contributed by atoms with Gasteiger partial charge in [0, 0.05) is 37.1 Å². The lowest BCUT2D eigenvalue weighted by atomic mass is 10.0. The van der Waals surface area contributed by atoms with E-state index < -0.39 is 12.1 Å². The molecule has 1 aliphatic rings. The van der Waals surface area contributed by atoms with E-state index in [0.717, 1.165) is 36.6 Å². The number of alkyl halides is 3. The van der Waals surface area contributed by atoms with Crippen molar-refractivity contribution in [3.05, 3.63) is 47.1 Å². The van der Waals surface area contributed by atoms with Crippen LogP contribution in [-0.4, -0.2) is 55.0 Å². The van der Waals surface area contributed by atoms with Crippen LogP contribution in [0.25, 0.3) is 10.9 Å². The van der Waals surface area contributed by atoms with Crippen LogP contribution >= 0.6 is 11.6 Å². The molecule has 3 heterocycles. The third kappa shape index (κ3) is 4.88. The average Bonchev–Trinajstić information content (AvgIpc) is 3.30. The van der Waals surface area contributed by atoms with Crippen molar-refractivity contribution in [3.63, 3.8) is 0 Å². The summed E-state index contributed by atoms with van der Waals surface area (Å²) in [5, 5.41) is 13.4. The van der Waals surface area contributed by atoms with Gasteiger partial charge in [-0.3, -0.25) is 4.90 Å². The molecule has 0 radical (unpaired) electrons. The lowest BCUT2D eigenvalue weighted by molar-refractivity contribution is -0.192. The summed E-state index contributed by atoms with van der Waals surface area (Å²) < 4.78 is 33.7. The van der Waals surface area contributed by atoms with Crippen LogP contribution in [-0.2, 0) is 17.8 Å². The minimum atomic E-state index is -5.08. The monoisotopic (exact) mass is 429 g/mol. The minimum Gasteiger partial charge on any atom is -0.475 e. The zero-order valence-corrected chi connectivity index (χ0v) is 16.2. The summed E-state index contributed by atoms with van der Waals surface area (Å²) in [6, 6.07) is 6.44. The molecule has 2 aromatic heterocycles. The number of hydrogen-bond donors (Lipinski definition) is 2. The average molecular weight is 430 g/mol. The van der Waals surface area contributed by atoms with Crippen molar-refractivity contribution in [2.45, 2.75) is 32.1 Å². The van der Waals surface area contributed by atoms with E-state index in [9.17, 15) is 13.2 Å². The Morgan fingerprint density at radius 3 is 2.76 bits per heavy atom. The second kappa shape index (κ2) is 8.42. The number of carboxylic acids is 1. The maximum absolute atomic E-state index is 10.6. The van der Waals surface area contributed by atoms with Gasteiger partial charge in [0.1, 0.15) is 12.7 Å². The molecule has 0 fully saturated rings. The molecule has 4 rings (SSSR count). The van der Waals surface area contributed by atoms with Crippen LogP contribution in [0.4, 0.5) is 13.2 Å². The van der Waals surface area contributed by atoms with Crippen LogP contribution in [0, 0.1) is 0 Å². The highest BCUT2D eigenvalue weighted by atomic mass is 35.5. The van der Waals surface area contributed by atoms with E-state index in [1.807, 2.05) is 16.8 Å².